The van der Waals surface area contributed by atoms with Gasteiger partial charge in [0.25, 0.3) is 0 Å². The third-order valence-electron chi connectivity index (χ3n) is 3.60. The Bertz CT molecular complexity index is 420. The summed E-state index contributed by atoms with van der Waals surface area (Å²) in [7, 11) is 0. The highest BCUT2D eigenvalue weighted by Crippen LogP contribution is 2.27. The first-order chi connectivity index (χ1) is 8.49. The Balaban J connectivity index is 2.93. The fraction of sp³-hybridized carbons (Fsp3) is 0.500. The van der Waals surface area contributed by atoms with Crippen molar-refractivity contribution in [2.45, 2.75) is 33.6 Å². The number of hydrogen-bond acceptors (Lipinski definition) is 2. The predicted molar refractivity (Wildman–Crippen MR) is 71.8 cm³/mol. The van der Waals surface area contributed by atoms with Gasteiger partial charge >= 0.3 is 0 Å². The molecule has 1 aromatic rings. The zero-order valence-corrected chi connectivity index (χ0v) is 11.2. The van der Waals surface area contributed by atoms with E-state index < -0.39 is 11.2 Å². The molecule has 3 N–H and O–H groups in total. The number of carbonyl (C=O) groups excluding carboxylic acids is 1. The molecule has 1 rings (SSSR count). The number of amides is 1. The zero-order valence-electron chi connectivity index (χ0n) is 11.2. The molecule has 0 fully saturated rings. The Hall–Kier alpha value is -1.42. The van der Waals surface area contributed by atoms with Crippen LogP contribution >= 0.6 is 0 Å². The molecule has 0 spiro atoms. The lowest BCUT2D eigenvalue weighted by atomic mass is 9.81. The van der Waals surface area contributed by atoms with Gasteiger partial charge in [0.05, 0.1) is 11.1 Å². The van der Waals surface area contributed by atoms with Gasteiger partial charge in [-0.2, -0.15) is 0 Å². The number of aryl methyl sites for hydroxylation is 1. The lowest BCUT2D eigenvalue weighted by Crippen LogP contribution is -2.41. The molecule has 0 aliphatic heterocycles. The van der Waals surface area contributed by atoms with E-state index in [1.807, 2.05) is 13.8 Å². The molecule has 0 radical (unpaired) electrons. The number of carbonyl (C=O) groups is 1. The Labute approximate surface area is 108 Å². The maximum absolute atomic E-state index is 13.7. The van der Waals surface area contributed by atoms with Crippen LogP contribution in [0.3, 0.4) is 0 Å². The van der Waals surface area contributed by atoms with Crippen LogP contribution in [0.1, 0.15) is 32.3 Å². The van der Waals surface area contributed by atoms with E-state index in [-0.39, 0.29) is 18.1 Å². The normalized spacial score (nSPS) is 11.4. The molecule has 18 heavy (non-hydrogen) atoms. The van der Waals surface area contributed by atoms with Crippen LogP contribution in [-0.4, -0.2) is 12.5 Å². The van der Waals surface area contributed by atoms with E-state index in [1.54, 1.807) is 19.1 Å². The van der Waals surface area contributed by atoms with Crippen LogP contribution in [0.2, 0.25) is 0 Å². The second-order valence-electron chi connectivity index (χ2n) is 4.63. The summed E-state index contributed by atoms with van der Waals surface area (Å²) >= 11 is 0. The smallest absolute Gasteiger partial charge is 0.231 e. The van der Waals surface area contributed by atoms with Crippen LogP contribution in [0.15, 0.2) is 18.2 Å². The quantitative estimate of drug-likeness (QED) is 0.846. The number of nitrogens with one attached hydrogen (secondary N) is 1. The molecule has 0 aliphatic carbocycles. The maximum Gasteiger partial charge on any atom is 0.231 e. The van der Waals surface area contributed by atoms with Gasteiger partial charge in [-0.25, -0.2) is 4.39 Å². The topological polar surface area (TPSA) is 55.1 Å². The molecule has 100 valence electrons. The first-order valence-electron chi connectivity index (χ1n) is 6.26. The minimum absolute atomic E-state index is 0.210. The summed E-state index contributed by atoms with van der Waals surface area (Å²) in [6.45, 7) is 5.90. The molecular formula is C14H21FN2O. The van der Waals surface area contributed by atoms with Crippen LogP contribution in [0.5, 0.6) is 0 Å². The molecule has 4 heteroatoms. The van der Waals surface area contributed by atoms with E-state index in [4.69, 9.17) is 5.73 Å². The molecule has 0 heterocycles. The van der Waals surface area contributed by atoms with Crippen LogP contribution in [0.4, 0.5) is 10.1 Å². The van der Waals surface area contributed by atoms with Crippen LogP contribution in [-0.2, 0) is 4.79 Å². The summed E-state index contributed by atoms with van der Waals surface area (Å²) in [6, 6.07) is 4.74. The van der Waals surface area contributed by atoms with Gasteiger partial charge in [-0.1, -0.05) is 19.9 Å². The summed E-state index contributed by atoms with van der Waals surface area (Å²) in [5.74, 6) is -0.626. The molecule has 0 saturated heterocycles. The third kappa shape index (κ3) is 2.88. The Morgan fingerprint density at radius 3 is 2.44 bits per heavy atom. The molecule has 1 amide bonds. The van der Waals surface area contributed by atoms with Gasteiger partial charge in [0.15, 0.2) is 0 Å². The van der Waals surface area contributed by atoms with Gasteiger partial charge in [-0.3, -0.25) is 4.79 Å². The number of hydrogen-bond donors (Lipinski definition) is 2. The SMILES string of the molecule is CCC(CC)(CN)C(=O)Nc1ccc(C)cc1F. The van der Waals surface area contributed by atoms with E-state index in [0.29, 0.717) is 12.8 Å². The van der Waals surface area contributed by atoms with Gasteiger partial charge in [0.2, 0.25) is 5.91 Å². The van der Waals surface area contributed by atoms with Crippen molar-refractivity contribution in [2.24, 2.45) is 11.1 Å². The molecule has 0 bridgehead atoms. The molecular weight excluding hydrogens is 231 g/mol. The Morgan fingerprint density at radius 1 is 1.39 bits per heavy atom. The average Bonchev–Trinajstić information content (AvgIpc) is 2.36. The van der Waals surface area contributed by atoms with Crippen molar-refractivity contribution in [2.75, 3.05) is 11.9 Å². The lowest BCUT2D eigenvalue weighted by molar-refractivity contribution is -0.125. The molecule has 0 unspecified atom stereocenters. The number of nitrogens with two attached hydrogens (primary N) is 1. The minimum Gasteiger partial charge on any atom is -0.329 e. The van der Waals surface area contributed by atoms with Crippen molar-refractivity contribution >= 4 is 11.6 Å². The molecule has 0 aromatic heterocycles. The van der Waals surface area contributed by atoms with Gasteiger partial charge in [0, 0.05) is 6.54 Å². The summed E-state index contributed by atoms with van der Waals surface area (Å²) in [6.07, 6.45) is 1.28. The van der Waals surface area contributed by atoms with E-state index in [2.05, 4.69) is 5.32 Å². The summed E-state index contributed by atoms with van der Waals surface area (Å²) in [4.78, 5) is 12.2. The van der Waals surface area contributed by atoms with Crippen LogP contribution in [0.25, 0.3) is 0 Å². The second-order valence-corrected chi connectivity index (χ2v) is 4.63. The van der Waals surface area contributed by atoms with Crippen molar-refractivity contribution in [1.82, 2.24) is 0 Å². The fourth-order valence-corrected chi connectivity index (χ4v) is 1.93. The van der Waals surface area contributed by atoms with E-state index in [9.17, 15) is 9.18 Å². The Kier molecular flexibility index (Phi) is 4.84. The highest BCUT2D eigenvalue weighted by Gasteiger charge is 2.33. The lowest BCUT2D eigenvalue weighted by Gasteiger charge is -2.28. The standard InChI is InChI=1S/C14H21FN2O/c1-4-14(5-2,9-16)13(18)17-12-7-6-10(3)8-11(12)15/h6-8H,4-5,9,16H2,1-3H3,(H,17,18). The predicted octanol–water partition coefficient (Wildman–Crippen LogP) is 2.84. The van der Waals surface area contributed by atoms with Crippen molar-refractivity contribution in [3.8, 4) is 0 Å². The third-order valence-corrected chi connectivity index (χ3v) is 3.60. The van der Waals surface area contributed by atoms with Crippen molar-refractivity contribution in [1.29, 1.82) is 0 Å². The highest BCUT2D eigenvalue weighted by molar-refractivity contribution is 5.95. The van der Waals surface area contributed by atoms with Crippen LogP contribution in [0, 0.1) is 18.2 Å². The molecule has 0 saturated carbocycles. The van der Waals surface area contributed by atoms with Crippen molar-refractivity contribution in [3.05, 3.63) is 29.6 Å². The maximum atomic E-state index is 13.7. The zero-order chi connectivity index (χ0) is 13.8. The van der Waals surface area contributed by atoms with E-state index in [0.717, 1.165) is 5.56 Å². The summed E-state index contributed by atoms with van der Waals surface area (Å²) in [5.41, 5.74) is 6.11. The monoisotopic (exact) mass is 252 g/mol. The first-order valence-corrected chi connectivity index (χ1v) is 6.26. The van der Waals surface area contributed by atoms with E-state index in [1.165, 1.54) is 6.07 Å². The van der Waals surface area contributed by atoms with Crippen molar-refractivity contribution in [3.63, 3.8) is 0 Å². The number of anilines is 1. The highest BCUT2D eigenvalue weighted by atomic mass is 19.1. The number of benzene rings is 1. The van der Waals surface area contributed by atoms with Crippen LogP contribution < -0.4 is 11.1 Å². The minimum atomic E-state index is -0.614. The molecule has 1 aromatic carbocycles. The summed E-state index contributed by atoms with van der Waals surface area (Å²) in [5, 5.41) is 2.64. The fourth-order valence-electron chi connectivity index (χ4n) is 1.93. The van der Waals surface area contributed by atoms with Crippen molar-refractivity contribution < 1.29 is 9.18 Å². The second kappa shape index (κ2) is 5.96. The van der Waals surface area contributed by atoms with Gasteiger partial charge < -0.3 is 11.1 Å². The van der Waals surface area contributed by atoms with Gasteiger partial charge in [-0.05, 0) is 37.5 Å². The molecule has 0 aliphatic rings. The first kappa shape index (κ1) is 14.6. The largest absolute Gasteiger partial charge is 0.329 e. The number of halogens is 1. The summed E-state index contributed by atoms with van der Waals surface area (Å²) < 4.78 is 13.7. The average molecular weight is 252 g/mol. The Morgan fingerprint density at radius 2 is 2.00 bits per heavy atom. The van der Waals surface area contributed by atoms with Gasteiger partial charge in [-0.15, -0.1) is 0 Å². The number of rotatable bonds is 5. The molecule has 3 nitrogen and oxygen atoms in total. The van der Waals surface area contributed by atoms with E-state index >= 15 is 0 Å². The van der Waals surface area contributed by atoms with Gasteiger partial charge in [0.1, 0.15) is 5.82 Å². The molecule has 0 atom stereocenters.